The molecule has 0 saturated carbocycles. The van der Waals surface area contributed by atoms with E-state index >= 15 is 0 Å². The molecule has 0 spiro atoms. The molecule has 9 heteroatoms. The van der Waals surface area contributed by atoms with Crippen LogP contribution in [0.25, 0.3) is 10.2 Å². The molecule has 0 aliphatic rings. The largest absolute Gasteiger partial charge is 0.325 e. The number of fused-ring (bicyclic) bond motifs is 1. The van der Waals surface area contributed by atoms with Gasteiger partial charge in [-0.3, -0.25) is 9.59 Å². The van der Waals surface area contributed by atoms with Gasteiger partial charge in [0.2, 0.25) is 16.6 Å². The Balaban J connectivity index is 1.47. The summed E-state index contributed by atoms with van der Waals surface area (Å²) in [6.07, 6.45) is 0. The number of rotatable bonds is 6. The number of halogens is 1. The Bertz CT molecular complexity index is 1030. The molecule has 2 aromatic carbocycles. The molecule has 0 aliphatic carbocycles. The summed E-state index contributed by atoms with van der Waals surface area (Å²) in [7, 11) is 1.89. The van der Waals surface area contributed by atoms with Gasteiger partial charge in [-0.1, -0.05) is 23.5 Å². The third kappa shape index (κ3) is 5.18. The maximum absolute atomic E-state index is 12.8. The number of aromatic nitrogens is 1. The number of thiazole rings is 1. The van der Waals surface area contributed by atoms with Crippen LogP contribution in [0.1, 0.15) is 0 Å². The fraction of sp³-hybridized carbons (Fsp3) is 0.167. The molecule has 0 bridgehead atoms. The Labute approximate surface area is 163 Å². The zero-order valence-electron chi connectivity index (χ0n) is 14.4. The van der Waals surface area contributed by atoms with E-state index in [1.807, 2.05) is 35.9 Å². The van der Waals surface area contributed by atoms with Gasteiger partial charge in [-0.05, 0) is 36.4 Å². The van der Waals surface area contributed by atoms with Crippen LogP contribution in [0.5, 0.6) is 0 Å². The molecule has 0 aliphatic heterocycles. The van der Waals surface area contributed by atoms with Gasteiger partial charge in [-0.15, -0.1) is 16.9 Å². The molecule has 2 N–H and O–H groups in total. The predicted molar refractivity (Wildman–Crippen MR) is 107 cm³/mol. The average Bonchev–Trinajstić information content (AvgIpc) is 2.98. The fourth-order valence-corrected chi connectivity index (χ4v) is 3.89. The number of benzene rings is 2. The van der Waals surface area contributed by atoms with Crippen LogP contribution in [0.4, 0.5) is 10.1 Å². The normalized spacial score (nSPS) is 11.6. The zero-order valence-corrected chi connectivity index (χ0v) is 16.1. The highest BCUT2D eigenvalue weighted by atomic mass is 32.2. The Morgan fingerprint density at radius 2 is 1.81 bits per heavy atom. The van der Waals surface area contributed by atoms with Crippen molar-refractivity contribution in [2.75, 3.05) is 16.8 Å². The van der Waals surface area contributed by atoms with Crippen molar-refractivity contribution in [1.82, 2.24) is 9.99 Å². The van der Waals surface area contributed by atoms with Crippen molar-refractivity contribution in [2.24, 2.45) is 12.1 Å². The summed E-state index contributed by atoms with van der Waals surface area (Å²) >= 11 is 2.66. The number of para-hydroxylation sites is 1. The standard InChI is InChI=1S/C18H17FN4O2S2/c1-23-14-4-2-3-5-15(14)27-18(23)22-21-17(25)11-26-10-16(24)20-13-8-6-12(19)7-9-13/h2-9H,10-11H2,1H3,(H,20,24)(H,21,25)/b22-18-. The van der Waals surface area contributed by atoms with Gasteiger partial charge in [0, 0.05) is 12.7 Å². The molecule has 1 aromatic heterocycles. The molecule has 27 heavy (non-hydrogen) atoms. The van der Waals surface area contributed by atoms with Crippen LogP contribution < -0.4 is 15.5 Å². The third-order valence-corrected chi connectivity index (χ3v) is 5.63. The van der Waals surface area contributed by atoms with E-state index in [9.17, 15) is 14.0 Å². The van der Waals surface area contributed by atoms with Crippen LogP contribution in [0.2, 0.25) is 0 Å². The molecule has 6 nitrogen and oxygen atoms in total. The van der Waals surface area contributed by atoms with Crippen LogP contribution in [0, 0.1) is 5.82 Å². The number of nitrogens with one attached hydrogen (secondary N) is 2. The highest BCUT2D eigenvalue weighted by molar-refractivity contribution is 8.00. The number of aryl methyl sites for hydroxylation is 1. The van der Waals surface area contributed by atoms with E-state index in [1.165, 1.54) is 47.4 Å². The highest BCUT2D eigenvalue weighted by Gasteiger charge is 2.07. The summed E-state index contributed by atoms with van der Waals surface area (Å²) in [5.74, 6) is -0.690. The van der Waals surface area contributed by atoms with Crippen molar-refractivity contribution in [2.45, 2.75) is 0 Å². The first-order valence-corrected chi connectivity index (χ1v) is 10.0. The molecule has 0 unspecified atom stereocenters. The van der Waals surface area contributed by atoms with Crippen LogP contribution in [0.3, 0.4) is 0 Å². The number of amides is 2. The first-order valence-electron chi connectivity index (χ1n) is 8.03. The van der Waals surface area contributed by atoms with Crippen molar-refractivity contribution in [3.05, 3.63) is 59.1 Å². The van der Waals surface area contributed by atoms with Gasteiger partial charge in [0.05, 0.1) is 21.7 Å². The molecule has 0 fully saturated rings. The van der Waals surface area contributed by atoms with Crippen molar-refractivity contribution in [3.63, 3.8) is 0 Å². The Kier molecular flexibility index (Phi) is 6.25. The lowest BCUT2D eigenvalue weighted by atomic mass is 10.3. The number of hydrogen-bond donors (Lipinski definition) is 2. The molecular formula is C18H17FN4O2S2. The second-order valence-corrected chi connectivity index (χ2v) is 7.60. The third-order valence-electron chi connectivity index (χ3n) is 3.59. The van der Waals surface area contributed by atoms with Crippen molar-refractivity contribution < 1.29 is 14.0 Å². The second kappa shape index (κ2) is 8.83. The minimum atomic E-state index is -0.366. The molecule has 0 radical (unpaired) electrons. The summed E-state index contributed by atoms with van der Waals surface area (Å²) in [6, 6.07) is 13.4. The van der Waals surface area contributed by atoms with E-state index in [0.717, 1.165) is 10.2 Å². The summed E-state index contributed by atoms with van der Waals surface area (Å²) < 4.78 is 15.8. The van der Waals surface area contributed by atoms with Crippen molar-refractivity contribution in [1.29, 1.82) is 0 Å². The SMILES string of the molecule is Cn1/c(=N/NC(=O)CSCC(=O)Nc2ccc(F)cc2)sc2ccccc21. The predicted octanol–water partition coefficient (Wildman–Crippen LogP) is 2.68. The monoisotopic (exact) mass is 404 g/mol. The van der Waals surface area contributed by atoms with E-state index in [2.05, 4.69) is 15.8 Å². The van der Waals surface area contributed by atoms with E-state index < -0.39 is 0 Å². The van der Waals surface area contributed by atoms with E-state index in [4.69, 9.17) is 0 Å². The first-order chi connectivity index (χ1) is 13.0. The quantitative estimate of drug-likeness (QED) is 0.621. The maximum Gasteiger partial charge on any atom is 0.250 e. The molecule has 3 aromatic rings. The van der Waals surface area contributed by atoms with Gasteiger partial charge in [-0.25, -0.2) is 9.82 Å². The zero-order chi connectivity index (χ0) is 19.2. The molecule has 1 heterocycles. The topological polar surface area (TPSA) is 75.5 Å². The number of anilines is 1. The fourth-order valence-electron chi connectivity index (χ4n) is 2.30. The maximum atomic E-state index is 12.8. The van der Waals surface area contributed by atoms with Gasteiger partial charge in [0.15, 0.2) is 0 Å². The Hall–Kier alpha value is -2.65. The van der Waals surface area contributed by atoms with Crippen LogP contribution >= 0.6 is 23.1 Å². The molecule has 140 valence electrons. The summed E-state index contributed by atoms with van der Waals surface area (Å²) in [6.45, 7) is 0. The Morgan fingerprint density at radius 1 is 1.11 bits per heavy atom. The first kappa shape index (κ1) is 19.1. The number of nitrogens with zero attached hydrogens (tertiary/aromatic N) is 2. The lowest BCUT2D eigenvalue weighted by Gasteiger charge is -2.04. The van der Waals surface area contributed by atoms with Crippen molar-refractivity contribution in [3.8, 4) is 0 Å². The van der Waals surface area contributed by atoms with Crippen LogP contribution in [-0.2, 0) is 16.6 Å². The number of carbonyl (C=O) groups excluding carboxylic acids is 2. The van der Waals surface area contributed by atoms with Gasteiger partial charge >= 0.3 is 0 Å². The molecule has 3 rings (SSSR count). The summed E-state index contributed by atoms with van der Waals surface area (Å²) in [4.78, 5) is 24.4. The lowest BCUT2D eigenvalue weighted by Crippen LogP contribution is -2.25. The average molecular weight is 404 g/mol. The lowest BCUT2D eigenvalue weighted by molar-refractivity contribution is -0.118. The molecule has 0 saturated heterocycles. The van der Waals surface area contributed by atoms with E-state index in [-0.39, 0.29) is 29.1 Å². The molecule has 2 amide bonds. The number of thioether (sulfide) groups is 1. The van der Waals surface area contributed by atoms with Gasteiger partial charge in [-0.2, -0.15) is 0 Å². The molecule has 0 atom stereocenters. The molecular weight excluding hydrogens is 387 g/mol. The van der Waals surface area contributed by atoms with Crippen LogP contribution in [0.15, 0.2) is 53.6 Å². The van der Waals surface area contributed by atoms with Crippen molar-refractivity contribution >= 4 is 50.8 Å². The highest BCUT2D eigenvalue weighted by Crippen LogP contribution is 2.15. The minimum absolute atomic E-state index is 0.106. The van der Waals surface area contributed by atoms with E-state index in [1.54, 1.807) is 0 Å². The minimum Gasteiger partial charge on any atom is -0.325 e. The summed E-state index contributed by atoms with van der Waals surface area (Å²) in [5, 5.41) is 6.79. The Morgan fingerprint density at radius 3 is 2.56 bits per heavy atom. The van der Waals surface area contributed by atoms with Gasteiger partial charge in [0.1, 0.15) is 5.82 Å². The van der Waals surface area contributed by atoms with Crippen LogP contribution in [-0.4, -0.2) is 27.9 Å². The van der Waals surface area contributed by atoms with E-state index in [0.29, 0.717) is 10.5 Å². The number of hydrogen-bond acceptors (Lipinski definition) is 5. The number of carbonyl (C=O) groups is 2. The van der Waals surface area contributed by atoms with Gasteiger partial charge < -0.3 is 9.88 Å². The smallest absolute Gasteiger partial charge is 0.250 e. The second-order valence-electron chi connectivity index (χ2n) is 5.61. The summed E-state index contributed by atoms with van der Waals surface area (Å²) in [5.41, 5.74) is 4.07. The van der Waals surface area contributed by atoms with Gasteiger partial charge in [0.25, 0.3) is 0 Å².